The molecule has 1 aliphatic carbocycles. The molecular weight excluding hydrogens is 307 g/mol. The van der Waals surface area contributed by atoms with Crippen LogP contribution in [0.15, 0.2) is 18.2 Å². The summed E-state index contributed by atoms with van der Waals surface area (Å²) in [5.74, 6) is -0.0106. The highest BCUT2D eigenvalue weighted by molar-refractivity contribution is 6.42. The second-order valence-corrected chi connectivity index (χ2v) is 5.55. The number of hydrogen-bond donors (Lipinski definition) is 1. The number of benzene rings is 1. The van der Waals surface area contributed by atoms with Gasteiger partial charge in [0.05, 0.1) is 16.1 Å². The maximum Gasteiger partial charge on any atom is 0.239 e. The normalized spacial score (nSPS) is 15.6. The smallest absolute Gasteiger partial charge is 0.239 e. The van der Waals surface area contributed by atoms with Crippen LogP contribution in [0.1, 0.15) is 25.3 Å². The summed E-state index contributed by atoms with van der Waals surface area (Å²) in [6.45, 7) is 2.26. The van der Waals surface area contributed by atoms with E-state index >= 15 is 0 Å². The van der Waals surface area contributed by atoms with Crippen LogP contribution in [-0.4, -0.2) is 22.9 Å². The topological polar surface area (TPSA) is 46.3 Å². The molecule has 1 amide bonds. The number of nitrogens with two attached hydrogens (primary N) is 1. The van der Waals surface area contributed by atoms with Gasteiger partial charge in [-0.1, -0.05) is 29.3 Å². The molecule has 1 unspecified atom stereocenters. The molecule has 0 radical (unpaired) electrons. The first-order chi connectivity index (χ1) is 8.49. The Morgan fingerprint density at radius 2 is 2.05 bits per heavy atom. The van der Waals surface area contributed by atoms with Crippen LogP contribution in [0.5, 0.6) is 0 Å². The highest BCUT2D eigenvalue weighted by Gasteiger charge is 2.33. The van der Waals surface area contributed by atoms with Crippen LogP contribution < -0.4 is 5.73 Å². The SMILES string of the molecule is CC(N)C(=O)N(Cc1ccc(Cl)c(Cl)c1)C1CC1.Cl. The lowest BCUT2D eigenvalue weighted by Crippen LogP contribution is -2.42. The van der Waals surface area contributed by atoms with Gasteiger partial charge in [-0.2, -0.15) is 0 Å². The molecule has 1 fully saturated rings. The minimum absolute atomic E-state index is 0. The first-order valence-electron chi connectivity index (χ1n) is 5.99. The highest BCUT2D eigenvalue weighted by atomic mass is 35.5. The van der Waals surface area contributed by atoms with Crippen molar-refractivity contribution in [1.29, 1.82) is 0 Å². The van der Waals surface area contributed by atoms with E-state index in [1.807, 2.05) is 11.0 Å². The molecule has 0 spiro atoms. The van der Waals surface area contributed by atoms with Gasteiger partial charge in [-0.15, -0.1) is 12.4 Å². The predicted molar refractivity (Wildman–Crippen MR) is 80.9 cm³/mol. The average molecular weight is 324 g/mol. The van der Waals surface area contributed by atoms with Crippen LogP contribution in [0.3, 0.4) is 0 Å². The summed E-state index contributed by atoms with van der Waals surface area (Å²) < 4.78 is 0. The molecule has 2 rings (SSSR count). The van der Waals surface area contributed by atoms with Gasteiger partial charge in [-0.05, 0) is 37.5 Å². The molecule has 1 aliphatic rings. The Bertz CT molecular complexity index is 461. The van der Waals surface area contributed by atoms with Crippen LogP contribution in [0.25, 0.3) is 0 Å². The van der Waals surface area contributed by atoms with Crippen molar-refractivity contribution in [3.05, 3.63) is 33.8 Å². The lowest BCUT2D eigenvalue weighted by molar-refractivity contribution is -0.133. The molecule has 1 aromatic rings. The van der Waals surface area contributed by atoms with Gasteiger partial charge < -0.3 is 10.6 Å². The Hall–Kier alpha value is -0.480. The van der Waals surface area contributed by atoms with Gasteiger partial charge >= 0.3 is 0 Å². The molecule has 106 valence electrons. The molecule has 2 N–H and O–H groups in total. The van der Waals surface area contributed by atoms with Gasteiger partial charge in [0.2, 0.25) is 5.91 Å². The number of carbonyl (C=O) groups excluding carboxylic acids is 1. The summed E-state index contributed by atoms with van der Waals surface area (Å²) in [5.41, 5.74) is 6.65. The van der Waals surface area contributed by atoms with Crippen molar-refractivity contribution >= 4 is 41.5 Å². The minimum atomic E-state index is -0.464. The molecule has 6 heteroatoms. The van der Waals surface area contributed by atoms with E-state index in [1.165, 1.54) is 0 Å². The Kier molecular flexibility index (Phi) is 5.93. The van der Waals surface area contributed by atoms with E-state index in [0.717, 1.165) is 18.4 Å². The van der Waals surface area contributed by atoms with Crippen molar-refractivity contribution in [2.24, 2.45) is 5.73 Å². The van der Waals surface area contributed by atoms with Crippen molar-refractivity contribution in [2.75, 3.05) is 0 Å². The average Bonchev–Trinajstić information content (AvgIpc) is 3.13. The summed E-state index contributed by atoms with van der Waals surface area (Å²) in [5, 5.41) is 1.04. The van der Waals surface area contributed by atoms with Crippen LogP contribution in [0.4, 0.5) is 0 Å². The molecule has 1 atom stereocenters. The van der Waals surface area contributed by atoms with E-state index in [0.29, 0.717) is 22.6 Å². The Morgan fingerprint density at radius 1 is 1.42 bits per heavy atom. The monoisotopic (exact) mass is 322 g/mol. The van der Waals surface area contributed by atoms with Gasteiger partial charge in [-0.3, -0.25) is 4.79 Å². The van der Waals surface area contributed by atoms with Crippen molar-refractivity contribution in [3.63, 3.8) is 0 Å². The molecule has 0 aliphatic heterocycles. The minimum Gasteiger partial charge on any atom is -0.334 e. The van der Waals surface area contributed by atoms with Gasteiger partial charge in [0.15, 0.2) is 0 Å². The van der Waals surface area contributed by atoms with E-state index in [2.05, 4.69) is 0 Å². The quantitative estimate of drug-likeness (QED) is 0.924. The molecule has 0 aromatic heterocycles. The van der Waals surface area contributed by atoms with E-state index in [-0.39, 0.29) is 18.3 Å². The number of carbonyl (C=O) groups is 1. The zero-order valence-electron chi connectivity index (χ0n) is 10.6. The standard InChI is InChI=1S/C13H16Cl2N2O.ClH/c1-8(16)13(18)17(10-3-4-10)7-9-2-5-11(14)12(15)6-9;/h2,5-6,8,10H,3-4,7,16H2,1H3;1H. The van der Waals surface area contributed by atoms with Gasteiger partial charge in [0.1, 0.15) is 0 Å². The zero-order chi connectivity index (χ0) is 13.3. The molecule has 0 bridgehead atoms. The van der Waals surface area contributed by atoms with Crippen LogP contribution in [-0.2, 0) is 11.3 Å². The summed E-state index contributed by atoms with van der Waals surface area (Å²) in [4.78, 5) is 13.9. The number of hydrogen-bond acceptors (Lipinski definition) is 2. The largest absolute Gasteiger partial charge is 0.334 e. The first-order valence-corrected chi connectivity index (χ1v) is 6.74. The number of nitrogens with zero attached hydrogens (tertiary/aromatic N) is 1. The highest BCUT2D eigenvalue weighted by Crippen LogP contribution is 2.30. The van der Waals surface area contributed by atoms with Gasteiger partial charge in [0.25, 0.3) is 0 Å². The van der Waals surface area contributed by atoms with Crippen molar-refractivity contribution in [3.8, 4) is 0 Å². The maximum atomic E-state index is 12.0. The van der Waals surface area contributed by atoms with Crippen molar-refractivity contribution in [2.45, 2.75) is 38.4 Å². The van der Waals surface area contributed by atoms with E-state index in [1.54, 1.807) is 19.1 Å². The number of rotatable bonds is 4. The molecular formula is C13H17Cl3N2O. The second-order valence-electron chi connectivity index (χ2n) is 4.73. The second kappa shape index (κ2) is 6.80. The fraction of sp³-hybridized carbons (Fsp3) is 0.462. The van der Waals surface area contributed by atoms with Crippen molar-refractivity contribution in [1.82, 2.24) is 4.90 Å². The fourth-order valence-corrected chi connectivity index (χ4v) is 2.19. The van der Waals surface area contributed by atoms with Crippen LogP contribution in [0.2, 0.25) is 10.0 Å². The Labute approximate surface area is 129 Å². The van der Waals surface area contributed by atoms with E-state index in [9.17, 15) is 4.79 Å². The molecule has 1 aromatic carbocycles. The van der Waals surface area contributed by atoms with Crippen LogP contribution >= 0.6 is 35.6 Å². The Balaban J connectivity index is 0.00000180. The first kappa shape index (κ1) is 16.6. The summed E-state index contributed by atoms with van der Waals surface area (Å²) in [6, 6.07) is 5.30. The molecule has 19 heavy (non-hydrogen) atoms. The van der Waals surface area contributed by atoms with Crippen LogP contribution in [0, 0.1) is 0 Å². The van der Waals surface area contributed by atoms with Crippen molar-refractivity contribution < 1.29 is 4.79 Å². The summed E-state index contributed by atoms with van der Waals surface area (Å²) in [6.07, 6.45) is 2.11. The number of halogens is 3. The number of amides is 1. The molecule has 3 nitrogen and oxygen atoms in total. The third kappa shape index (κ3) is 4.25. The summed E-state index contributed by atoms with van der Waals surface area (Å²) in [7, 11) is 0. The zero-order valence-corrected chi connectivity index (χ0v) is 12.9. The molecule has 1 saturated carbocycles. The lowest BCUT2D eigenvalue weighted by Gasteiger charge is -2.24. The van der Waals surface area contributed by atoms with E-state index in [4.69, 9.17) is 28.9 Å². The van der Waals surface area contributed by atoms with E-state index < -0.39 is 6.04 Å². The lowest BCUT2D eigenvalue weighted by atomic mass is 10.2. The predicted octanol–water partition coefficient (Wildman–Crippen LogP) is 3.25. The fourth-order valence-electron chi connectivity index (χ4n) is 1.87. The third-order valence-corrected chi connectivity index (χ3v) is 3.74. The van der Waals surface area contributed by atoms with Gasteiger partial charge in [0, 0.05) is 12.6 Å². The molecule has 0 heterocycles. The molecule has 0 saturated heterocycles. The summed E-state index contributed by atoms with van der Waals surface area (Å²) >= 11 is 11.8. The third-order valence-electron chi connectivity index (χ3n) is 3.00. The van der Waals surface area contributed by atoms with Gasteiger partial charge in [-0.25, -0.2) is 0 Å². The Morgan fingerprint density at radius 3 is 2.53 bits per heavy atom. The maximum absolute atomic E-state index is 12.0.